The van der Waals surface area contributed by atoms with Crippen LogP contribution in [0.5, 0.6) is 0 Å². The summed E-state index contributed by atoms with van der Waals surface area (Å²) < 4.78 is 24.0. The third-order valence-corrected chi connectivity index (χ3v) is 10.1. The number of amides is 4. The van der Waals surface area contributed by atoms with Crippen molar-refractivity contribution < 1.29 is 67.8 Å². The highest BCUT2D eigenvalue weighted by molar-refractivity contribution is 14.1. The Hall–Kier alpha value is -3.18. The Labute approximate surface area is 375 Å². The highest BCUT2D eigenvalue weighted by atomic mass is 127. The summed E-state index contributed by atoms with van der Waals surface area (Å²) in [6.07, 6.45) is 17.2. The lowest BCUT2D eigenvalue weighted by molar-refractivity contribution is -0.142. The third-order valence-electron chi connectivity index (χ3n) is 9.36. The number of ether oxygens (including phenoxy) is 4. The van der Waals surface area contributed by atoms with Crippen LogP contribution in [-0.4, -0.2) is 141 Å². The molecule has 0 bridgehead atoms. The fourth-order valence-corrected chi connectivity index (χ4v) is 6.47. The molecule has 0 rings (SSSR count). The van der Waals surface area contributed by atoms with Crippen LogP contribution in [0.25, 0.3) is 0 Å². The molecule has 0 aromatic rings. The minimum Gasteiger partial charge on any atom is -0.481 e. The van der Waals surface area contributed by atoms with E-state index in [4.69, 9.17) is 29.2 Å². The number of carboxylic acid groups (broad SMARTS) is 3. The summed E-state index contributed by atoms with van der Waals surface area (Å²) in [5, 5.41) is 37.7. The smallest absolute Gasteiger partial charge is 0.326 e. The standard InChI is InChI=1S/C41H74IN5O14/c42-47-34(41(56)57)17-15-16-22-43-37(50)31-60-29-28-59-26-24-45-38(51)32-61-30-27-58-25-23-44-35(48)21-20-33(40(54)55)46-36(49)18-13-11-9-7-5-3-1-2-4-6-8-10-12-14-19-39(52)53/h33-34,47H,1-32H2,(H,43,50)(H,44,48)(H,45,51)(H,46,49)(H,52,53)(H,54,55)(H,56,57)/t33-,34-/m0/s1. The lowest BCUT2D eigenvalue weighted by atomic mass is 10.0. The van der Waals surface area contributed by atoms with Gasteiger partial charge in [-0.2, -0.15) is 0 Å². The number of carbonyl (C=O) groups excluding carboxylic acids is 4. The van der Waals surface area contributed by atoms with Gasteiger partial charge in [0.25, 0.3) is 0 Å². The predicted octanol–water partition coefficient (Wildman–Crippen LogP) is 3.64. The molecule has 0 aliphatic rings. The monoisotopic (exact) mass is 987 g/mol. The number of halogens is 1. The van der Waals surface area contributed by atoms with Gasteiger partial charge in [0.15, 0.2) is 0 Å². The van der Waals surface area contributed by atoms with Crippen molar-refractivity contribution in [2.75, 3.05) is 72.5 Å². The van der Waals surface area contributed by atoms with Gasteiger partial charge in [-0.05, 0) is 38.5 Å². The average Bonchev–Trinajstić information content (AvgIpc) is 3.22. The van der Waals surface area contributed by atoms with Gasteiger partial charge >= 0.3 is 17.9 Å². The van der Waals surface area contributed by atoms with Gasteiger partial charge in [-0.15, -0.1) is 0 Å². The lowest BCUT2D eigenvalue weighted by Crippen LogP contribution is -2.41. The molecule has 0 unspecified atom stereocenters. The third kappa shape index (κ3) is 40.6. The van der Waals surface area contributed by atoms with E-state index in [1.807, 2.05) is 22.9 Å². The molecule has 20 heteroatoms. The van der Waals surface area contributed by atoms with E-state index in [1.54, 1.807) is 0 Å². The van der Waals surface area contributed by atoms with Gasteiger partial charge in [0.1, 0.15) is 25.3 Å². The van der Waals surface area contributed by atoms with Crippen LogP contribution in [0.4, 0.5) is 0 Å². The van der Waals surface area contributed by atoms with E-state index >= 15 is 0 Å². The van der Waals surface area contributed by atoms with Crippen molar-refractivity contribution in [1.82, 2.24) is 24.8 Å². The second-order valence-corrected chi connectivity index (χ2v) is 15.3. The molecular formula is C41H74IN5O14. The van der Waals surface area contributed by atoms with Crippen LogP contribution in [0.15, 0.2) is 0 Å². The van der Waals surface area contributed by atoms with Gasteiger partial charge in [0, 0.05) is 61.8 Å². The maximum absolute atomic E-state index is 12.3. The minimum absolute atomic E-state index is 0.0307. The van der Waals surface area contributed by atoms with Crippen LogP contribution >= 0.6 is 22.9 Å². The second kappa shape index (κ2) is 42.1. The van der Waals surface area contributed by atoms with E-state index in [9.17, 15) is 38.7 Å². The van der Waals surface area contributed by atoms with Gasteiger partial charge in [-0.3, -0.25) is 28.8 Å². The summed E-state index contributed by atoms with van der Waals surface area (Å²) in [5.74, 6) is -4.10. The largest absolute Gasteiger partial charge is 0.481 e. The number of nitrogens with one attached hydrogen (secondary N) is 5. The Balaban J connectivity index is 3.65. The van der Waals surface area contributed by atoms with Crippen molar-refractivity contribution in [2.24, 2.45) is 0 Å². The number of hydrogen-bond acceptors (Lipinski definition) is 12. The maximum atomic E-state index is 12.3. The van der Waals surface area contributed by atoms with Gasteiger partial charge in [-0.1, -0.05) is 77.0 Å². The number of carbonyl (C=O) groups is 7. The van der Waals surface area contributed by atoms with E-state index in [2.05, 4.69) is 24.8 Å². The average molecular weight is 988 g/mol. The Kier molecular flexibility index (Phi) is 39.9. The van der Waals surface area contributed by atoms with Crippen molar-refractivity contribution in [3.63, 3.8) is 0 Å². The predicted molar refractivity (Wildman–Crippen MR) is 235 cm³/mol. The first-order valence-electron chi connectivity index (χ1n) is 21.9. The Morgan fingerprint density at radius 1 is 0.410 bits per heavy atom. The van der Waals surface area contributed by atoms with E-state index in [-0.39, 0.29) is 115 Å². The van der Waals surface area contributed by atoms with E-state index in [0.717, 1.165) is 44.9 Å². The highest BCUT2D eigenvalue weighted by Gasteiger charge is 2.21. The number of aliphatic carboxylic acids is 3. The number of unbranched alkanes of at least 4 members (excludes halogenated alkanes) is 14. The first-order chi connectivity index (χ1) is 29.5. The molecule has 61 heavy (non-hydrogen) atoms. The summed E-state index contributed by atoms with van der Waals surface area (Å²) in [5.41, 5.74) is 0. The number of hydrogen-bond donors (Lipinski definition) is 8. The van der Waals surface area contributed by atoms with E-state index in [0.29, 0.717) is 32.2 Å². The maximum Gasteiger partial charge on any atom is 0.326 e. The Morgan fingerprint density at radius 2 is 0.836 bits per heavy atom. The normalized spacial score (nSPS) is 12.0. The lowest BCUT2D eigenvalue weighted by Gasteiger charge is -2.14. The van der Waals surface area contributed by atoms with Crippen LogP contribution in [0.3, 0.4) is 0 Å². The van der Waals surface area contributed by atoms with Crippen molar-refractivity contribution in [2.45, 2.75) is 147 Å². The SMILES string of the molecule is O=C(O)CCCCCCCCCCCCCCCCC(=O)N[C@@H](CCC(=O)NCCOCCOCC(=O)NCCOCCOCC(=O)NCCCC[C@H](NI)C(=O)O)C(=O)O. The molecule has 2 atom stereocenters. The molecular weight excluding hydrogens is 913 g/mol. The fourth-order valence-electron chi connectivity index (χ4n) is 5.89. The van der Waals surface area contributed by atoms with Crippen LogP contribution in [0.2, 0.25) is 0 Å². The highest BCUT2D eigenvalue weighted by Crippen LogP contribution is 2.14. The van der Waals surface area contributed by atoms with Crippen LogP contribution < -0.4 is 24.8 Å². The molecule has 0 aromatic heterocycles. The molecule has 354 valence electrons. The Bertz CT molecular complexity index is 1200. The van der Waals surface area contributed by atoms with Crippen LogP contribution in [0, 0.1) is 0 Å². The molecule has 4 amide bonds. The topological polar surface area (TPSA) is 277 Å². The van der Waals surface area contributed by atoms with Gasteiger partial charge < -0.3 is 55.5 Å². The summed E-state index contributed by atoms with van der Waals surface area (Å²) in [6, 6.07) is -1.75. The molecule has 0 aliphatic carbocycles. The molecule has 0 fully saturated rings. The number of carboxylic acids is 3. The molecule has 0 saturated carbocycles. The molecule has 0 aliphatic heterocycles. The van der Waals surface area contributed by atoms with Gasteiger partial charge in [0.2, 0.25) is 23.6 Å². The summed E-state index contributed by atoms with van der Waals surface area (Å²) >= 11 is 1.81. The fraction of sp³-hybridized carbons (Fsp3) is 0.829. The molecule has 0 radical (unpaired) electrons. The molecule has 0 spiro atoms. The quantitative estimate of drug-likeness (QED) is 0.0246. The first kappa shape index (κ1) is 57.8. The molecule has 0 heterocycles. The van der Waals surface area contributed by atoms with Crippen LogP contribution in [-0.2, 0) is 52.5 Å². The van der Waals surface area contributed by atoms with Crippen molar-refractivity contribution >= 4 is 64.4 Å². The first-order valence-corrected chi connectivity index (χ1v) is 23.0. The summed E-state index contributed by atoms with van der Waals surface area (Å²) in [4.78, 5) is 81.3. The molecule has 8 N–H and O–H groups in total. The van der Waals surface area contributed by atoms with Crippen LogP contribution in [0.1, 0.15) is 135 Å². The van der Waals surface area contributed by atoms with Crippen molar-refractivity contribution in [3.8, 4) is 0 Å². The Morgan fingerprint density at radius 3 is 1.30 bits per heavy atom. The molecule has 0 saturated heterocycles. The number of rotatable bonds is 45. The molecule has 19 nitrogen and oxygen atoms in total. The zero-order valence-corrected chi connectivity index (χ0v) is 38.1. The van der Waals surface area contributed by atoms with E-state index < -0.39 is 30.0 Å². The van der Waals surface area contributed by atoms with Crippen molar-refractivity contribution in [1.29, 1.82) is 0 Å². The van der Waals surface area contributed by atoms with Gasteiger partial charge in [-0.25, -0.2) is 8.32 Å². The van der Waals surface area contributed by atoms with Crippen molar-refractivity contribution in [3.05, 3.63) is 0 Å². The zero-order chi connectivity index (χ0) is 45.2. The molecule has 0 aromatic carbocycles. The van der Waals surface area contributed by atoms with E-state index in [1.165, 1.54) is 38.5 Å². The zero-order valence-electron chi connectivity index (χ0n) is 36.0. The summed E-state index contributed by atoms with van der Waals surface area (Å²) in [6.45, 7) is 1.86. The second-order valence-electron chi connectivity index (χ2n) is 14.7. The summed E-state index contributed by atoms with van der Waals surface area (Å²) in [7, 11) is 0. The van der Waals surface area contributed by atoms with Gasteiger partial charge in [0.05, 0.1) is 39.6 Å². The minimum atomic E-state index is -1.19.